The highest BCUT2D eigenvalue weighted by molar-refractivity contribution is 6.10. The molecule has 0 fully saturated rings. The van der Waals surface area contributed by atoms with Gasteiger partial charge in [0.2, 0.25) is 7.85 Å². The van der Waals surface area contributed by atoms with Crippen LogP contribution >= 0.6 is 0 Å². The molecule has 0 radical (unpaired) electrons. The van der Waals surface area contributed by atoms with Crippen LogP contribution < -0.4 is 14.8 Å². The van der Waals surface area contributed by atoms with Gasteiger partial charge in [-0.3, -0.25) is 4.79 Å². The van der Waals surface area contributed by atoms with Crippen LogP contribution in [-0.2, 0) is 0 Å². The minimum atomic E-state index is -0.276. The van der Waals surface area contributed by atoms with Crippen LogP contribution in [0.3, 0.4) is 0 Å². The molecular formula is C11H14BNO3. The number of nitrogens with one attached hydrogen (secondary N) is 1. The number of benzene rings is 1. The van der Waals surface area contributed by atoms with Gasteiger partial charge in [0, 0.05) is 5.56 Å². The summed E-state index contributed by atoms with van der Waals surface area (Å²) in [5, 5.41) is 2.92. The van der Waals surface area contributed by atoms with E-state index in [1.807, 2.05) is 14.8 Å². The van der Waals surface area contributed by atoms with Gasteiger partial charge in [0.05, 0.1) is 6.04 Å². The highest BCUT2D eigenvalue weighted by Gasteiger charge is 2.22. The van der Waals surface area contributed by atoms with Crippen molar-refractivity contribution in [2.45, 2.75) is 19.2 Å². The third-order valence-electron chi connectivity index (χ3n) is 2.64. The van der Waals surface area contributed by atoms with Gasteiger partial charge in [0.25, 0.3) is 0 Å². The molecule has 1 N–H and O–H groups in total. The van der Waals surface area contributed by atoms with Crippen LogP contribution in [0.4, 0.5) is 0 Å². The Balaban J connectivity index is 2.26. The Hall–Kier alpha value is -1.49. The number of hydrogen-bond donors (Lipinski definition) is 1. The van der Waals surface area contributed by atoms with Gasteiger partial charge in [-0.05, 0) is 32.2 Å². The number of hydrogen-bond acceptors (Lipinski definition) is 4. The van der Waals surface area contributed by atoms with Crippen molar-refractivity contribution in [3.8, 4) is 11.5 Å². The molecule has 0 amide bonds. The van der Waals surface area contributed by atoms with Crippen molar-refractivity contribution in [2.75, 3.05) is 7.05 Å². The summed E-state index contributed by atoms with van der Waals surface area (Å²) < 4.78 is 10.8. The zero-order valence-electron chi connectivity index (χ0n) is 9.61. The third-order valence-corrected chi connectivity index (χ3v) is 2.64. The van der Waals surface area contributed by atoms with E-state index in [0.717, 1.165) is 0 Å². The molecule has 0 saturated heterocycles. The van der Waals surface area contributed by atoms with Gasteiger partial charge < -0.3 is 14.8 Å². The maximum atomic E-state index is 11.9. The monoisotopic (exact) mass is 219 g/mol. The molecule has 0 saturated carbocycles. The fourth-order valence-electron chi connectivity index (χ4n) is 1.61. The molecule has 4 nitrogen and oxygen atoms in total. The van der Waals surface area contributed by atoms with E-state index < -0.39 is 0 Å². The number of ketones is 1. The summed E-state index contributed by atoms with van der Waals surface area (Å²) in [6.45, 7) is 1.83. The van der Waals surface area contributed by atoms with Crippen LogP contribution in [0.5, 0.6) is 11.5 Å². The maximum absolute atomic E-state index is 11.9. The second-order valence-corrected chi connectivity index (χ2v) is 3.84. The predicted molar refractivity (Wildman–Crippen MR) is 62.9 cm³/mol. The van der Waals surface area contributed by atoms with E-state index in [4.69, 9.17) is 9.47 Å². The first-order chi connectivity index (χ1) is 7.61. The average Bonchev–Trinajstić information content (AvgIpc) is 2.65. The number of rotatable bonds is 3. The molecule has 1 aliphatic rings. The normalized spacial score (nSPS) is 19.5. The fourth-order valence-corrected chi connectivity index (χ4v) is 1.61. The molecule has 2 atom stereocenters. The van der Waals surface area contributed by atoms with E-state index in [-0.39, 0.29) is 18.0 Å². The Morgan fingerprint density at radius 3 is 2.81 bits per heavy atom. The number of carbonyl (C=O) groups excluding carboxylic acids is 1. The van der Waals surface area contributed by atoms with Gasteiger partial charge in [0.1, 0.15) is 0 Å². The van der Waals surface area contributed by atoms with Gasteiger partial charge in [-0.15, -0.1) is 0 Å². The van der Waals surface area contributed by atoms with Crippen molar-refractivity contribution in [1.29, 1.82) is 0 Å². The van der Waals surface area contributed by atoms with Gasteiger partial charge in [-0.2, -0.15) is 0 Å². The lowest BCUT2D eigenvalue weighted by molar-refractivity contribution is 0.0954. The van der Waals surface area contributed by atoms with Crippen LogP contribution in [0.1, 0.15) is 17.3 Å². The molecule has 0 bridgehead atoms. The molecule has 1 aromatic rings. The molecular weight excluding hydrogens is 205 g/mol. The second-order valence-electron chi connectivity index (χ2n) is 3.84. The van der Waals surface area contributed by atoms with E-state index in [2.05, 4.69) is 5.32 Å². The summed E-state index contributed by atoms with van der Waals surface area (Å²) in [4.78, 5) is 11.9. The average molecular weight is 219 g/mol. The Morgan fingerprint density at radius 2 is 2.12 bits per heavy atom. The highest BCUT2D eigenvalue weighted by Crippen LogP contribution is 2.34. The molecule has 84 valence electrons. The molecule has 5 heteroatoms. The molecule has 1 heterocycles. The topological polar surface area (TPSA) is 47.6 Å². The first kappa shape index (κ1) is 11.0. The minimum absolute atomic E-state index is 0.0495. The van der Waals surface area contributed by atoms with Crippen LogP contribution in [0.25, 0.3) is 0 Å². The second kappa shape index (κ2) is 4.18. The van der Waals surface area contributed by atoms with Gasteiger partial charge in [-0.1, -0.05) is 0 Å². The van der Waals surface area contributed by atoms with Crippen molar-refractivity contribution < 1.29 is 14.3 Å². The number of ether oxygens (including phenoxy) is 2. The zero-order chi connectivity index (χ0) is 11.7. The van der Waals surface area contributed by atoms with Crippen LogP contribution in [0, 0.1) is 0 Å². The van der Waals surface area contributed by atoms with E-state index in [1.165, 1.54) is 0 Å². The predicted octanol–water partition coefficient (Wildman–Crippen LogP) is 0.165. The van der Waals surface area contributed by atoms with Crippen molar-refractivity contribution in [3.05, 3.63) is 23.8 Å². The van der Waals surface area contributed by atoms with Crippen molar-refractivity contribution in [3.63, 3.8) is 0 Å². The van der Waals surface area contributed by atoms with E-state index in [1.54, 1.807) is 25.2 Å². The molecule has 2 rings (SSSR count). The molecule has 1 unspecified atom stereocenters. The first-order valence-electron chi connectivity index (χ1n) is 5.30. The molecule has 0 spiro atoms. The number of likely N-dealkylation sites (N-methyl/N-ethyl adjacent to an activating group) is 1. The standard InChI is InChI=1S/C11H14BNO3/c1-6(13-2)10(14)7-3-4-8-9(5-7)16-11(12)15-8/h3-6,11,13H,12H2,1-2H3/t6-,11?/m0/s1. The largest absolute Gasteiger partial charge is 0.460 e. The summed E-state index contributed by atoms with van der Waals surface area (Å²) in [6, 6.07) is 5.07. The summed E-state index contributed by atoms with van der Waals surface area (Å²) in [6.07, 6.45) is -0.276. The summed E-state index contributed by atoms with van der Waals surface area (Å²) in [5.41, 5.74) is 0.637. The van der Waals surface area contributed by atoms with Gasteiger partial charge in [0.15, 0.2) is 23.5 Å². The molecule has 0 aliphatic carbocycles. The van der Waals surface area contributed by atoms with Gasteiger partial charge in [-0.25, -0.2) is 0 Å². The van der Waals surface area contributed by atoms with Crippen LogP contribution in [-0.4, -0.2) is 32.9 Å². The zero-order valence-corrected chi connectivity index (χ0v) is 9.61. The van der Waals surface area contributed by atoms with E-state index in [9.17, 15) is 4.79 Å². The quantitative estimate of drug-likeness (QED) is 0.581. The fraction of sp³-hybridized carbons (Fsp3) is 0.364. The Kier molecular flexibility index (Phi) is 2.87. The Bertz CT molecular complexity index is 422. The summed E-state index contributed by atoms with van der Waals surface area (Å²) in [5.74, 6) is 1.39. The number of Topliss-reactive ketones (excluding diaryl/α,β-unsaturated/α-hetero) is 1. The van der Waals surface area contributed by atoms with Crippen molar-refractivity contribution in [2.24, 2.45) is 0 Å². The SMILES string of the molecule is BC1Oc2ccc(C(=O)[C@H](C)NC)cc2O1. The molecule has 16 heavy (non-hydrogen) atoms. The highest BCUT2D eigenvalue weighted by atomic mass is 16.7. The van der Waals surface area contributed by atoms with E-state index >= 15 is 0 Å². The lowest BCUT2D eigenvalue weighted by Gasteiger charge is -2.09. The molecule has 1 aromatic carbocycles. The van der Waals surface area contributed by atoms with Crippen LogP contribution in [0.15, 0.2) is 18.2 Å². The van der Waals surface area contributed by atoms with Gasteiger partial charge >= 0.3 is 0 Å². The third kappa shape index (κ3) is 1.90. The summed E-state index contributed by atoms with van der Waals surface area (Å²) in [7, 11) is 3.58. The summed E-state index contributed by atoms with van der Waals surface area (Å²) >= 11 is 0. The molecule has 1 aliphatic heterocycles. The number of fused-ring (bicyclic) bond motifs is 1. The van der Waals surface area contributed by atoms with Crippen LogP contribution in [0.2, 0.25) is 0 Å². The molecule has 0 aromatic heterocycles. The van der Waals surface area contributed by atoms with Crippen molar-refractivity contribution in [1.82, 2.24) is 5.32 Å². The van der Waals surface area contributed by atoms with E-state index in [0.29, 0.717) is 17.1 Å². The lowest BCUT2D eigenvalue weighted by atomic mass is 10.1. The Labute approximate surface area is 95.3 Å². The lowest BCUT2D eigenvalue weighted by Crippen LogP contribution is -2.30. The maximum Gasteiger partial charge on any atom is 0.207 e. The number of carbonyl (C=O) groups is 1. The Morgan fingerprint density at radius 1 is 1.44 bits per heavy atom. The first-order valence-corrected chi connectivity index (χ1v) is 5.30. The minimum Gasteiger partial charge on any atom is -0.460 e. The van der Waals surface area contributed by atoms with Crippen molar-refractivity contribution >= 4 is 13.6 Å². The smallest absolute Gasteiger partial charge is 0.207 e.